The van der Waals surface area contributed by atoms with Crippen LogP contribution in [-0.4, -0.2) is 10.4 Å². The lowest BCUT2D eigenvalue weighted by Crippen LogP contribution is -2.29. The molecule has 2 nitrogen and oxygen atoms in total. The molecule has 0 bridgehead atoms. The fourth-order valence-corrected chi connectivity index (χ4v) is 3.53. The van der Waals surface area contributed by atoms with Gasteiger partial charge >= 0.3 is 0 Å². The second-order valence-corrected chi connectivity index (χ2v) is 7.04. The van der Waals surface area contributed by atoms with E-state index in [4.69, 9.17) is 0 Å². The van der Waals surface area contributed by atoms with Gasteiger partial charge < -0.3 is 4.57 Å². The number of carbonyl (C=O) groups is 1. The van der Waals surface area contributed by atoms with Crippen molar-refractivity contribution in [3.63, 3.8) is 0 Å². The summed E-state index contributed by atoms with van der Waals surface area (Å²) in [5, 5.41) is 0. The molecule has 0 aromatic carbocycles. The third kappa shape index (κ3) is 1.82. The van der Waals surface area contributed by atoms with Gasteiger partial charge in [0.05, 0.1) is 0 Å². The molecule has 0 amide bonds. The predicted molar refractivity (Wildman–Crippen MR) is 73.0 cm³/mol. The zero-order chi connectivity index (χ0) is 13.1. The van der Waals surface area contributed by atoms with E-state index in [2.05, 4.69) is 38.3 Å². The monoisotopic (exact) mass is 245 g/mol. The van der Waals surface area contributed by atoms with Gasteiger partial charge in [-0.05, 0) is 50.5 Å². The molecule has 2 aliphatic rings. The summed E-state index contributed by atoms with van der Waals surface area (Å²) >= 11 is 0. The van der Waals surface area contributed by atoms with Crippen molar-refractivity contribution in [3.05, 3.63) is 23.0 Å². The molecule has 3 rings (SSSR count). The van der Waals surface area contributed by atoms with Gasteiger partial charge in [-0.1, -0.05) is 13.8 Å². The summed E-state index contributed by atoms with van der Waals surface area (Å²) in [6.07, 6.45) is 4.44. The number of hydrogen-bond donors (Lipinski definition) is 0. The number of Topliss-reactive ketones (excluding diaryl/α,β-unsaturated/α-hetero) is 1. The van der Waals surface area contributed by atoms with Crippen molar-refractivity contribution in [2.45, 2.75) is 59.4 Å². The Kier molecular flexibility index (Phi) is 2.48. The number of hydrogen-bond acceptors (Lipinski definition) is 1. The van der Waals surface area contributed by atoms with Gasteiger partial charge in [0.15, 0.2) is 5.78 Å². The third-order valence-corrected chi connectivity index (χ3v) is 4.63. The first-order chi connectivity index (χ1) is 8.39. The van der Waals surface area contributed by atoms with Crippen molar-refractivity contribution in [1.29, 1.82) is 0 Å². The van der Waals surface area contributed by atoms with Crippen LogP contribution in [0.25, 0.3) is 0 Å². The molecule has 2 aliphatic carbocycles. The lowest BCUT2D eigenvalue weighted by Gasteiger charge is -2.31. The molecule has 1 heterocycles. The van der Waals surface area contributed by atoms with Crippen LogP contribution in [0.3, 0.4) is 0 Å². The summed E-state index contributed by atoms with van der Waals surface area (Å²) in [6, 6.07) is 2.68. The van der Waals surface area contributed by atoms with Crippen molar-refractivity contribution in [3.8, 4) is 0 Å². The molecule has 0 N–H and O–H groups in total. The van der Waals surface area contributed by atoms with Gasteiger partial charge in [-0.3, -0.25) is 4.79 Å². The number of nitrogens with zero attached hydrogens (tertiary/aromatic N) is 1. The van der Waals surface area contributed by atoms with Crippen molar-refractivity contribution in [2.75, 3.05) is 0 Å². The van der Waals surface area contributed by atoms with Gasteiger partial charge in [-0.15, -0.1) is 0 Å². The van der Waals surface area contributed by atoms with Gasteiger partial charge in [0.25, 0.3) is 0 Å². The van der Waals surface area contributed by atoms with E-state index in [0.717, 1.165) is 17.9 Å². The summed E-state index contributed by atoms with van der Waals surface area (Å²) in [5.41, 5.74) is 3.69. The third-order valence-electron chi connectivity index (χ3n) is 4.63. The van der Waals surface area contributed by atoms with Crippen LogP contribution in [0.15, 0.2) is 6.07 Å². The summed E-state index contributed by atoms with van der Waals surface area (Å²) in [4.78, 5) is 12.3. The van der Waals surface area contributed by atoms with E-state index < -0.39 is 0 Å². The van der Waals surface area contributed by atoms with E-state index in [1.807, 2.05) is 0 Å². The van der Waals surface area contributed by atoms with Crippen molar-refractivity contribution in [2.24, 2.45) is 11.3 Å². The highest BCUT2D eigenvalue weighted by Crippen LogP contribution is 2.44. The van der Waals surface area contributed by atoms with Crippen LogP contribution in [0.1, 0.15) is 67.8 Å². The minimum Gasteiger partial charge on any atom is -0.345 e. The first-order valence-corrected chi connectivity index (χ1v) is 7.13. The van der Waals surface area contributed by atoms with Gasteiger partial charge in [0, 0.05) is 29.4 Å². The summed E-state index contributed by atoms with van der Waals surface area (Å²) < 4.78 is 2.45. The molecule has 18 heavy (non-hydrogen) atoms. The molecule has 0 spiro atoms. The van der Waals surface area contributed by atoms with Gasteiger partial charge in [-0.2, -0.15) is 0 Å². The Balaban J connectivity index is 2.08. The first kappa shape index (κ1) is 12.0. The first-order valence-electron chi connectivity index (χ1n) is 7.13. The van der Waals surface area contributed by atoms with Gasteiger partial charge in [0.1, 0.15) is 0 Å². The van der Waals surface area contributed by atoms with E-state index in [1.54, 1.807) is 0 Å². The molecule has 98 valence electrons. The van der Waals surface area contributed by atoms with Crippen LogP contribution < -0.4 is 0 Å². The van der Waals surface area contributed by atoms with E-state index in [1.165, 1.54) is 24.2 Å². The number of rotatable bonds is 2. The van der Waals surface area contributed by atoms with E-state index in [0.29, 0.717) is 18.2 Å². The Labute approximate surface area is 109 Å². The van der Waals surface area contributed by atoms with E-state index >= 15 is 0 Å². The highest BCUT2D eigenvalue weighted by atomic mass is 16.1. The zero-order valence-electron chi connectivity index (χ0n) is 11.9. The molecular formula is C16H23NO. The number of carbonyl (C=O) groups excluding carboxylic acids is 1. The molecule has 1 aromatic rings. The largest absolute Gasteiger partial charge is 0.345 e. The maximum absolute atomic E-state index is 12.3. The standard InChI is InChI=1S/C16H23NO/c1-10-7-13-14(8-16(3,4)9-15(13)18)17(10)11(2)12-5-6-12/h7,11-12H,5-6,8-9H2,1-4H3. The number of aromatic nitrogens is 1. The minimum absolute atomic E-state index is 0.121. The Morgan fingerprint density at radius 2 is 2.00 bits per heavy atom. The van der Waals surface area contributed by atoms with Crippen LogP contribution in [0.5, 0.6) is 0 Å². The molecule has 0 radical (unpaired) electrons. The smallest absolute Gasteiger partial charge is 0.165 e. The van der Waals surface area contributed by atoms with Gasteiger partial charge in [-0.25, -0.2) is 0 Å². The fraction of sp³-hybridized carbons (Fsp3) is 0.688. The molecular weight excluding hydrogens is 222 g/mol. The lowest BCUT2D eigenvalue weighted by atomic mass is 9.76. The second kappa shape index (κ2) is 3.72. The zero-order valence-corrected chi connectivity index (χ0v) is 11.9. The van der Waals surface area contributed by atoms with Crippen molar-refractivity contribution in [1.82, 2.24) is 4.57 Å². The van der Waals surface area contributed by atoms with Crippen LogP contribution in [0.4, 0.5) is 0 Å². The summed E-state index contributed by atoms with van der Waals surface area (Å²) in [7, 11) is 0. The van der Waals surface area contributed by atoms with Crippen molar-refractivity contribution >= 4 is 5.78 Å². The molecule has 1 saturated carbocycles. The van der Waals surface area contributed by atoms with E-state index in [-0.39, 0.29) is 5.41 Å². The molecule has 1 atom stereocenters. The summed E-state index contributed by atoms with van der Waals surface area (Å²) in [5.74, 6) is 1.17. The Bertz CT molecular complexity index is 505. The topological polar surface area (TPSA) is 22.0 Å². The SMILES string of the molecule is Cc1cc2c(n1C(C)C1CC1)CC(C)(C)CC2=O. The minimum atomic E-state index is 0.121. The number of fused-ring (bicyclic) bond motifs is 1. The molecule has 1 aromatic heterocycles. The van der Waals surface area contributed by atoms with Crippen LogP contribution in [0, 0.1) is 18.3 Å². The Morgan fingerprint density at radius 3 is 2.61 bits per heavy atom. The molecule has 1 fully saturated rings. The number of ketones is 1. The predicted octanol–water partition coefficient (Wildman–Crippen LogP) is 3.92. The summed E-state index contributed by atoms with van der Waals surface area (Å²) in [6.45, 7) is 8.89. The highest BCUT2D eigenvalue weighted by Gasteiger charge is 2.37. The molecule has 0 saturated heterocycles. The van der Waals surface area contributed by atoms with Crippen LogP contribution in [-0.2, 0) is 6.42 Å². The van der Waals surface area contributed by atoms with Crippen LogP contribution >= 0.6 is 0 Å². The number of aryl methyl sites for hydroxylation is 1. The molecule has 0 aliphatic heterocycles. The fourth-order valence-electron chi connectivity index (χ4n) is 3.53. The average molecular weight is 245 g/mol. The van der Waals surface area contributed by atoms with Crippen LogP contribution in [0.2, 0.25) is 0 Å². The normalized spacial score (nSPS) is 23.9. The maximum Gasteiger partial charge on any atom is 0.165 e. The Hall–Kier alpha value is -1.05. The average Bonchev–Trinajstić information content (AvgIpc) is 3.01. The highest BCUT2D eigenvalue weighted by molar-refractivity contribution is 5.99. The van der Waals surface area contributed by atoms with E-state index in [9.17, 15) is 4.79 Å². The molecule has 2 heteroatoms. The maximum atomic E-state index is 12.3. The van der Waals surface area contributed by atoms with Crippen molar-refractivity contribution < 1.29 is 4.79 Å². The van der Waals surface area contributed by atoms with Gasteiger partial charge in [0.2, 0.25) is 0 Å². The molecule has 1 unspecified atom stereocenters. The Morgan fingerprint density at radius 1 is 1.33 bits per heavy atom. The second-order valence-electron chi connectivity index (χ2n) is 7.04. The lowest BCUT2D eigenvalue weighted by molar-refractivity contribution is 0.0909. The quantitative estimate of drug-likeness (QED) is 0.774.